The Morgan fingerprint density at radius 3 is 2.62 bits per heavy atom. The summed E-state index contributed by atoms with van der Waals surface area (Å²) in [6.07, 6.45) is 0. The summed E-state index contributed by atoms with van der Waals surface area (Å²) in [7, 11) is 0. The van der Waals surface area contributed by atoms with Crippen LogP contribution in [-0.4, -0.2) is 19.1 Å². The van der Waals surface area contributed by atoms with Crippen molar-refractivity contribution >= 4 is 27.5 Å². The fourth-order valence-corrected chi connectivity index (χ4v) is 1.10. The fraction of sp³-hybridized carbons (Fsp3) is 0.182. The second-order valence-corrected chi connectivity index (χ2v) is 4.27. The van der Waals surface area contributed by atoms with Crippen molar-refractivity contribution in [2.24, 2.45) is 0 Å². The molecule has 0 aliphatic rings. The van der Waals surface area contributed by atoms with Crippen molar-refractivity contribution in [3.05, 3.63) is 35.3 Å². The van der Waals surface area contributed by atoms with Gasteiger partial charge in [0.05, 0.1) is 0 Å². The molecule has 0 heterocycles. The number of benzene rings is 1. The van der Waals surface area contributed by atoms with Crippen molar-refractivity contribution in [1.29, 1.82) is 0 Å². The molecule has 1 amide bonds. The molecule has 1 aromatic rings. The van der Waals surface area contributed by atoms with Gasteiger partial charge in [0, 0.05) is 16.7 Å². The van der Waals surface area contributed by atoms with Crippen LogP contribution in [0.4, 0.5) is 5.69 Å². The maximum absolute atomic E-state index is 11.3. The van der Waals surface area contributed by atoms with Crippen molar-refractivity contribution in [3.63, 3.8) is 0 Å². The van der Waals surface area contributed by atoms with E-state index in [-0.39, 0.29) is 12.5 Å². The number of rotatable bonds is 5. The third kappa shape index (κ3) is 4.84. The predicted molar refractivity (Wildman–Crippen MR) is 67.4 cm³/mol. The second-order valence-electron chi connectivity index (χ2n) is 3.15. The molecule has 0 saturated heterocycles. The van der Waals surface area contributed by atoms with Crippen LogP contribution in [0, 0.1) is 0 Å². The zero-order valence-corrected chi connectivity index (χ0v) is 10.3. The molecule has 0 aromatic heterocycles. The van der Waals surface area contributed by atoms with Gasteiger partial charge in [0.1, 0.15) is 5.75 Å². The van der Waals surface area contributed by atoms with E-state index in [1.165, 1.54) is 0 Å². The first kappa shape index (κ1) is 12.6. The standard InChI is InChI=1S/C11H13BrN2O2/c1-8(12)6-14-11(15)7-16-10-4-2-9(13)3-5-10/h2-5H,1,6-7,13H2,(H,14,15). The predicted octanol–water partition coefficient (Wildman–Crippen LogP) is 1.67. The number of nitrogens with one attached hydrogen (secondary N) is 1. The SMILES string of the molecule is C=C(Br)CNC(=O)COc1ccc(N)cc1. The Labute approximate surface area is 103 Å². The van der Waals surface area contributed by atoms with Crippen LogP contribution >= 0.6 is 15.9 Å². The molecule has 3 N–H and O–H groups in total. The van der Waals surface area contributed by atoms with E-state index in [2.05, 4.69) is 27.8 Å². The Morgan fingerprint density at radius 1 is 1.44 bits per heavy atom. The van der Waals surface area contributed by atoms with Gasteiger partial charge < -0.3 is 15.8 Å². The zero-order chi connectivity index (χ0) is 12.0. The fourth-order valence-electron chi connectivity index (χ4n) is 0.958. The number of anilines is 1. The van der Waals surface area contributed by atoms with Crippen molar-refractivity contribution in [2.45, 2.75) is 0 Å². The highest BCUT2D eigenvalue weighted by atomic mass is 79.9. The van der Waals surface area contributed by atoms with Crippen molar-refractivity contribution in [2.75, 3.05) is 18.9 Å². The molecular weight excluding hydrogens is 272 g/mol. The highest BCUT2D eigenvalue weighted by Gasteiger charge is 2.02. The summed E-state index contributed by atoms with van der Waals surface area (Å²) in [5.74, 6) is 0.416. The van der Waals surface area contributed by atoms with Crippen LogP contribution in [0.1, 0.15) is 0 Å². The molecule has 0 aliphatic heterocycles. The zero-order valence-electron chi connectivity index (χ0n) is 8.70. The summed E-state index contributed by atoms with van der Waals surface area (Å²) in [4.78, 5) is 11.3. The van der Waals surface area contributed by atoms with Gasteiger partial charge in [0.2, 0.25) is 0 Å². The van der Waals surface area contributed by atoms with Gasteiger partial charge >= 0.3 is 0 Å². The van der Waals surface area contributed by atoms with E-state index in [1.54, 1.807) is 24.3 Å². The molecule has 0 saturated carbocycles. The minimum absolute atomic E-state index is 0.0236. The molecule has 0 fully saturated rings. The Bertz CT molecular complexity index is 376. The molecule has 0 aliphatic carbocycles. The van der Waals surface area contributed by atoms with Crippen LogP contribution < -0.4 is 15.8 Å². The van der Waals surface area contributed by atoms with Crippen molar-refractivity contribution in [1.82, 2.24) is 5.32 Å². The maximum atomic E-state index is 11.3. The van der Waals surface area contributed by atoms with E-state index in [1.807, 2.05) is 0 Å². The number of amides is 1. The lowest BCUT2D eigenvalue weighted by Crippen LogP contribution is -2.29. The number of hydrogen-bond donors (Lipinski definition) is 2. The summed E-state index contributed by atoms with van der Waals surface area (Å²) in [5, 5.41) is 2.63. The average Bonchev–Trinajstić information content (AvgIpc) is 2.25. The van der Waals surface area contributed by atoms with Crippen LogP contribution in [0.3, 0.4) is 0 Å². The van der Waals surface area contributed by atoms with Gasteiger partial charge in [-0.1, -0.05) is 22.5 Å². The quantitative estimate of drug-likeness (QED) is 0.809. The molecule has 0 atom stereocenters. The third-order valence-corrected chi connectivity index (χ3v) is 2.01. The second kappa shape index (κ2) is 6.17. The Morgan fingerprint density at radius 2 is 2.06 bits per heavy atom. The van der Waals surface area contributed by atoms with Gasteiger partial charge in [-0.05, 0) is 24.3 Å². The molecular formula is C11H13BrN2O2. The first-order valence-electron chi connectivity index (χ1n) is 4.66. The first-order chi connectivity index (χ1) is 7.58. The van der Waals surface area contributed by atoms with Crippen LogP contribution in [0.5, 0.6) is 5.75 Å². The molecule has 0 bridgehead atoms. The molecule has 4 nitrogen and oxygen atoms in total. The van der Waals surface area contributed by atoms with E-state index in [9.17, 15) is 4.79 Å². The maximum Gasteiger partial charge on any atom is 0.258 e. The number of carbonyl (C=O) groups excluding carboxylic acids is 1. The lowest BCUT2D eigenvalue weighted by Gasteiger charge is -2.06. The average molecular weight is 285 g/mol. The van der Waals surface area contributed by atoms with Gasteiger partial charge in [-0.3, -0.25) is 4.79 Å². The number of hydrogen-bond acceptors (Lipinski definition) is 3. The number of carbonyl (C=O) groups is 1. The topological polar surface area (TPSA) is 64.3 Å². The van der Waals surface area contributed by atoms with Crippen LogP contribution in [0.2, 0.25) is 0 Å². The van der Waals surface area contributed by atoms with Crippen molar-refractivity contribution < 1.29 is 9.53 Å². The molecule has 1 aromatic carbocycles. The lowest BCUT2D eigenvalue weighted by atomic mass is 10.3. The summed E-state index contributed by atoms with van der Waals surface area (Å²) in [6, 6.07) is 6.86. The van der Waals surface area contributed by atoms with Crippen LogP contribution in [0.15, 0.2) is 35.3 Å². The highest BCUT2D eigenvalue weighted by molar-refractivity contribution is 9.11. The summed E-state index contributed by atoms with van der Waals surface area (Å²) in [5.41, 5.74) is 6.17. The van der Waals surface area contributed by atoms with Gasteiger partial charge in [0.25, 0.3) is 5.91 Å². The molecule has 5 heteroatoms. The summed E-state index contributed by atoms with van der Waals surface area (Å²) < 4.78 is 5.96. The molecule has 0 spiro atoms. The normalized spacial score (nSPS) is 9.56. The smallest absolute Gasteiger partial charge is 0.258 e. The number of nitrogens with two attached hydrogens (primary N) is 1. The Balaban J connectivity index is 2.31. The molecule has 86 valence electrons. The molecule has 0 radical (unpaired) electrons. The van der Waals surface area contributed by atoms with E-state index < -0.39 is 0 Å². The minimum Gasteiger partial charge on any atom is -0.484 e. The van der Waals surface area contributed by atoms with Gasteiger partial charge in [0.15, 0.2) is 6.61 Å². The van der Waals surface area contributed by atoms with E-state index in [0.717, 1.165) is 0 Å². The molecule has 1 rings (SSSR count). The third-order valence-electron chi connectivity index (χ3n) is 1.73. The van der Waals surface area contributed by atoms with E-state index in [0.29, 0.717) is 22.5 Å². The van der Waals surface area contributed by atoms with Gasteiger partial charge in [-0.25, -0.2) is 0 Å². The number of ether oxygens (including phenoxy) is 1. The first-order valence-corrected chi connectivity index (χ1v) is 5.45. The summed E-state index contributed by atoms with van der Waals surface area (Å²) in [6.45, 7) is 3.97. The largest absolute Gasteiger partial charge is 0.484 e. The van der Waals surface area contributed by atoms with Gasteiger partial charge in [-0.15, -0.1) is 0 Å². The summed E-state index contributed by atoms with van der Waals surface area (Å²) >= 11 is 3.14. The van der Waals surface area contributed by atoms with E-state index in [4.69, 9.17) is 10.5 Å². The van der Waals surface area contributed by atoms with Crippen molar-refractivity contribution in [3.8, 4) is 5.75 Å². The lowest BCUT2D eigenvalue weighted by molar-refractivity contribution is -0.122. The minimum atomic E-state index is -0.197. The highest BCUT2D eigenvalue weighted by Crippen LogP contribution is 2.12. The molecule has 16 heavy (non-hydrogen) atoms. The Hall–Kier alpha value is -1.49. The van der Waals surface area contributed by atoms with Crippen LogP contribution in [-0.2, 0) is 4.79 Å². The monoisotopic (exact) mass is 284 g/mol. The Kier molecular flexibility index (Phi) is 4.85. The number of nitrogen functional groups attached to an aromatic ring is 1. The number of halogens is 1. The van der Waals surface area contributed by atoms with E-state index >= 15 is 0 Å². The van der Waals surface area contributed by atoms with Crippen LogP contribution in [0.25, 0.3) is 0 Å². The molecule has 0 unspecified atom stereocenters. The van der Waals surface area contributed by atoms with Gasteiger partial charge in [-0.2, -0.15) is 0 Å².